The topological polar surface area (TPSA) is 123 Å². The molecular formula is C25H29BO8. The van der Waals surface area contributed by atoms with Gasteiger partial charge in [-0.1, -0.05) is 35.9 Å². The van der Waals surface area contributed by atoms with Crippen LogP contribution in [0.15, 0.2) is 35.9 Å². The number of hydrogen-bond donors (Lipinski definition) is 3. The summed E-state index contributed by atoms with van der Waals surface area (Å²) in [5.74, 6) is -0.154. The summed E-state index contributed by atoms with van der Waals surface area (Å²) in [5, 5.41) is 28.9. The molecule has 2 aromatic rings. The molecule has 180 valence electrons. The van der Waals surface area contributed by atoms with Crippen LogP contribution in [0.3, 0.4) is 0 Å². The smallest absolute Gasteiger partial charge is 0.488 e. The zero-order chi connectivity index (χ0) is 24.8. The summed E-state index contributed by atoms with van der Waals surface area (Å²) in [6.45, 7) is 4.10. The number of cyclic esters (lactones) is 1. The van der Waals surface area contributed by atoms with Crippen molar-refractivity contribution >= 4 is 24.3 Å². The lowest BCUT2D eigenvalue weighted by Gasteiger charge is -2.15. The number of allylic oxidation sites excluding steroid dienone is 2. The van der Waals surface area contributed by atoms with Crippen LogP contribution in [0.25, 0.3) is 0 Å². The fraction of sp³-hybridized carbons (Fsp3) is 0.360. The molecule has 3 N–H and O–H groups in total. The summed E-state index contributed by atoms with van der Waals surface area (Å²) in [6.07, 6.45) is 3.12. The van der Waals surface area contributed by atoms with Gasteiger partial charge >= 0.3 is 13.1 Å². The van der Waals surface area contributed by atoms with Crippen molar-refractivity contribution in [1.82, 2.24) is 0 Å². The molecule has 0 atom stereocenters. The number of esters is 1. The Kier molecular flexibility index (Phi) is 8.49. The number of fused-ring (bicyclic) bond motifs is 1. The van der Waals surface area contributed by atoms with Crippen molar-refractivity contribution in [3.63, 3.8) is 0 Å². The van der Waals surface area contributed by atoms with E-state index in [0.717, 1.165) is 16.7 Å². The van der Waals surface area contributed by atoms with Crippen molar-refractivity contribution in [3.8, 4) is 11.5 Å². The standard InChI is InChI=1S/C25H29BO8/c1-15(4-10-19(27)13-33-12-17-6-8-18(9-7-17)26(30)31)5-11-20-23(28)22-21(14-34-25(22)29)16(2)24(20)32-3/h5-9,28,30-31H,4,10-14H2,1-3H3/b15-5+. The highest BCUT2D eigenvalue weighted by Gasteiger charge is 2.31. The van der Waals surface area contributed by atoms with E-state index in [9.17, 15) is 14.7 Å². The van der Waals surface area contributed by atoms with Gasteiger partial charge in [-0.15, -0.1) is 0 Å². The van der Waals surface area contributed by atoms with E-state index in [-0.39, 0.29) is 36.9 Å². The van der Waals surface area contributed by atoms with E-state index < -0.39 is 13.1 Å². The van der Waals surface area contributed by atoms with Crippen LogP contribution in [0.2, 0.25) is 0 Å². The highest BCUT2D eigenvalue weighted by Crippen LogP contribution is 2.42. The predicted octanol–water partition coefficient (Wildman–Crippen LogP) is 2.11. The number of ether oxygens (including phenoxy) is 3. The minimum atomic E-state index is -1.51. The maximum absolute atomic E-state index is 12.2. The van der Waals surface area contributed by atoms with Gasteiger partial charge in [-0.3, -0.25) is 4.79 Å². The maximum Gasteiger partial charge on any atom is 0.488 e. The highest BCUT2D eigenvalue weighted by atomic mass is 16.5. The first-order chi connectivity index (χ1) is 16.2. The van der Waals surface area contributed by atoms with Crippen LogP contribution in [0.4, 0.5) is 0 Å². The van der Waals surface area contributed by atoms with Gasteiger partial charge in [-0.25, -0.2) is 4.79 Å². The number of carbonyl (C=O) groups is 2. The van der Waals surface area contributed by atoms with E-state index in [1.807, 2.05) is 19.9 Å². The third-order valence-corrected chi connectivity index (χ3v) is 5.91. The van der Waals surface area contributed by atoms with Gasteiger partial charge in [0.2, 0.25) is 0 Å². The van der Waals surface area contributed by atoms with Gasteiger partial charge < -0.3 is 29.4 Å². The monoisotopic (exact) mass is 468 g/mol. The predicted molar refractivity (Wildman–Crippen MR) is 126 cm³/mol. The lowest BCUT2D eigenvalue weighted by molar-refractivity contribution is -0.123. The van der Waals surface area contributed by atoms with Crippen LogP contribution in [-0.4, -0.2) is 47.7 Å². The normalized spacial score (nSPS) is 13.0. The zero-order valence-electron chi connectivity index (χ0n) is 19.6. The minimum Gasteiger partial charge on any atom is -0.507 e. The molecule has 3 rings (SSSR count). The van der Waals surface area contributed by atoms with Crippen LogP contribution in [0.1, 0.15) is 52.4 Å². The molecule has 2 aromatic carbocycles. The van der Waals surface area contributed by atoms with E-state index >= 15 is 0 Å². The van der Waals surface area contributed by atoms with Crippen LogP contribution in [-0.2, 0) is 33.9 Å². The van der Waals surface area contributed by atoms with Gasteiger partial charge in [-0.05, 0) is 43.3 Å². The Bertz CT molecular complexity index is 1090. The van der Waals surface area contributed by atoms with Crippen LogP contribution < -0.4 is 10.2 Å². The summed E-state index contributed by atoms with van der Waals surface area (Å²) in [5.41, 5.74) is 4.33. The number of rotatable bonds is 11. The lowest BCUT2D eigenvalue weighted by atomic mass is 9.80. The second-order valence-electron chi connectivity index (χ2n) is 8.32. The van der Waals surface area contributed by atoms with Gasteiger partial charge in [-0.2, -0.15) is 0 Å². The minimum absolute atomic E-state index is 0.0155. The molecule has 1 aliphatic rings. The fourth-order valence-corrected chi connectivity index (χ4v) is 3.88. The quantitative estimate of drug-likeness (QED) is 0.261. The average Bonchev–Trinajstić information content (AvgIpc) is 3.21. The van der Waals surface area contributed by atoms with Gasteiger partial charge in [0.15, 0.2) is 5.78 Å². The molecular weight excluding hydrogens is 439 g/mol. The molecule has 0 saturated heterocycles. The Morgan fingerprint density at radius 2 is 1.91 bits per heavy atom. The summed E-state index contributed by atoms with van der Waals surface area (Å²) in [4.78, 5) is 24.2. The van der Waals surface area contributed by atoms with Gasteiger partial charge in [0.05, 0.1) is 13.7 Å². The third kappa shape index (κ3) is 5.86. The first-order valence-electron chi connectivity index (χ1n) is 11.0. The number of carbonyl (C=O) groups excluding carboxylic acids is 2. The molecule has 34 heavy (non-hydrogen) atoms. The zero-order valence-corrected chi connectivity index (χ0v) is 19.6. The van der Waals surface area contributed by atoms with Crippen molar-refractivity contribution in [2.24, 2.45) is 0 Å². The summed E-state index contributed by atoms with van der Waals surface area (Å²) in [6, 6.07) is 6.63. The van der Waals surface area contributed by atoms with Crippen LogP contribution >= 0.6 is 0 Å². The van der Waals surface area contributed by atoms with Crippen molar-refractivity contribution in [1.29, 1.82) is 0 Å². The van der Waals surface area contributed by atoms with Crippen molar-refractivity contribution in [3.05, 3.63) is 63.7 Å². The Balaban J connectivity index is 1.52. The molecule has 0 saturated carbocycles. The number of ketones is 1. The van der Waals surface area contributed by atoms with E-state index in [1.165, 1.54) is 7.11 Å². The fourth-order valence-electron chi connectivity index (χ4n) is 3.88. The molecule has 0 radical (unpaired) electrons. The summed E-state index contributed by atoms with van der Waals surface area (Å²) < 4.78 is 16.0. The van der Waals surface area contributed by atoms with E-state index in [4.69, 9.17) is 24.3 Å². The van der Waals surface area contributed by atoms with E-state index in [1.54, 1.807) is 24.3 Å². The number of benzene rings is 2. The summed E-state index contributed by atoms with van der Waals surface area (Å²) >= 11 is 0. The molecule has 8 nitrogen and oxygen atoms in total. The number of hydrogen-bond acceptors (Lipinski definition) is 8. The Hall–Kier alpha value is -3.14. The Morgan fingerprint density at radius 1 is 1.21 bits per heavy atom. The first kappa shape index (κ1) is 25.5. The van der Waals surface area contributed by atoms with Gasteiger partial charge in [0.25, 0.3) is 0 Å². The maximum atomic E-state index is 12.2. The number of phenols is 1. The van der Waals surface area contributed by atoms with Crippen molar-refractivity contribution < 1.29 is 39.0 Å². The number of Topliss-reactive ketones (excluding diaryl/α,β-unsaturated/α-hetero) is 1. The molecule has 1 aliphatic heterocycles. The molecule has 0 aromatic heterocycles. The Labute approximate surface area is 198 Å². The molecule has 0 bridgehead atoms. The molecule has 9 heteroatoms. The lowest BCUT2D eigenvalue weighted by Crippen LogP contribution is -2.29. The molecule has 0 unspecified atom stereocenters. The Morgan fingerprint density at radius 3 is 2.56 bits per heavy atom. The largest absolute Gasteiger partial charge is 0.507 e. The van der Waals surface area contributed by atoms with E-state index in [2.05, 4.69) is 0 Å². The highest BCUT2D eigenvalue weighted by molar-refractivity contribution is 6.58. The van der Waals surface area contributed by atoms with Crippen molar-refractivity contribution in [2.45, 2.75) is 46.3 Å². The van der Waals surface area contributed by atoms with Gasteiger partial charge in [0, 0.05) is 17.5 Å². The molecule has 0 aliphatic carbocycles. The van der Waals surface area contributed by atoms with Crippen LogP contribution in [0, 0.1) is 6.92 Å². The number of phenolic OH excluding ortho intramolecular Hbond substituents is 1. The van der Waals surface area contributed by atoms with Gasteiger partial charge in [0.1, 0.15) is 30.3 Å². The third-order valence-electron chi connectivity index (χ3n) is 5.91. The average molecular weight is 468 g/mol. The molecule has 0 spiro atoms. The SMILES string of the molecule is COc1c(C)c2c(c(O)c1C/C=C(\C)CCC(=O)COCc1ccc(B(O)O)cc1)C(=O)OC2. The van der Waals surface area contributed by atoms with Crippen LogP contribution in [0.5, 0.6) is 11.5 Å². The molecule has 0 amide bonds. The van der Waals surface area contributed by atoms with Crippen molar-refractivity contribution in [2.75, 3.05) is 13.7 Å². The second kappa shape index (κ2) is 11.3. The van der Waals surface area contributed by atoms with E-state index in [0.29, 0.717) is 41.6 Å². The second-order valence-corrected chi connectivity index (χ2v) is 8.32. The first-order valence-corrected chi connectivity index (χ1v) is 11.0. The summed E-state index contributed by atoms with van der Waals surface area (Å²) in [7, 11) is 0.00985. The molecule has 0 fully saturated rings. The molecule has 1 heterocycles. The number of methoxy groups -OCH3 is 1. The number of aromatic hydroxyl groups is 1.